The van der Waals surface area contributed by atoms with Crippen molar-refractivity contribution in [3.8, 4) is 0 Å². The van der Waals surface area contributed by atoms with Crippen molar-refractivity contribution < 1.29 is 0 Å². The summed E-state index contributed by atoms with van der Waals surface area (Å²) in [6.45, 7) is 2.27. The smallest absolute Gasteiger partial charge is 0.0344 e. The van der Waals surface area contributed by atoms with E-state index in [4.69, 9.17) is 0 Å². The van der Waals surface area contributed by atoms with Crippen LogP contribution in [0.1, 0.15) is 56.6 Å². The monoisotopic (exact) mass is 298 g/mol. The van der Waals surface area contributed by atoms with Crippen LogP contribution in [0.5, 0.6) is 0 Å². The minimum absolute atomic E-state index is 0.0503. The van der Waals surface area contributed by atoms with Gasteiger partial charge in [0.1, 0.15) is 0 Å². The molecule has 2 aromatic carbocycles. The van der Waals surface area contributed by atoms with Gasteiger partial charge in [-0.2, -0.15) is 0 Å². The second-order valence-corrected chi connectivity index (χ2v) is 6.85. The molecule has 0 aliphatic heterocycles. The highest BCUT2D eigenvalue weighted by atomic mass is 31.0. The van der Waals surface area contributed by atoms with E-state index in [9.17, 15) is 0 Å². The molecule has 0 saturated carbocycles. The number of hydrogen-bond acceptors (Lipinski definition) is 0. The van der Waals surface area contributed by atoms with Crippen LogP contribution < -0.4 is 0 Å². The zero-order chi connectivity index (χ0) is 15.0. The molecule has 0 aromatic heterocycles. The lowest BCUT2D eigenvalue weighted by Crippen LogP contribution is -2.19. The van der Waals surface area contributed by atoms with Gasteiger partial charge in [-0.3, -0.25) is 0 Å². The molecule has 2 rings (SSSR count). The lowest BCUT2D eigenvalue weighted by atomic mass is 9.85. The van der Waals surface area contributed by atoms with E-state index in [1.54, 1.807) is 0 Å². The Morgan fingerprint density at radius 2 is 1.19 bits per heavy atom. The maximum Gasteiger partial charge on any atom is 0.0344 e. The van der Waals surface area contributed by atoms with Crippen molar-refractivity contribution in [1.82, 2.24) is 0 Å². The van der Waals surface area contributed by atoms with Gasteiger partial charge in [0, 0.05) is 5.16 Å². The zero-order valence-electron chi connectivity index (χ0n) is 13.1. The van der Waals surface area contributed by atoms with Gasteiger partial charge in [-0.15, -0.1) is 9.24 Å². The van der Waals surface area contributed by atoms with Gasteiger partial charge in [0.05, 0.1) is 0 Å². The van der Waals surface area contributed by atoms with E-state index in [1.165, 1.54) is 49.7 Å². The molecule has 0 bridgehead atoms. The summed E-state index contributed by atoms with van der Waals surface area (Å²) in [7, 11) is 3.14. The molecule has 0 heterocycles. The molecule has 0 aliphatic rings. The third kappa shape index (κ3) is 4.42. The van der Waals surface area contributed by atoms with E-state index in [2.05, 4.69) is 76.8 Å². The first-order valence-electron chi connectivity index (χ1n) is 8.17. The number of unbranched alkanes of at least 4 members (excludes halogenated alkanes) is 4. The van der Waals surface area contributed by atoms with Gasteiger partial charge in [0.15, 0.2) is 0 Å². The van der Waals surface area contributed by atoms with Gasteiger partial charge in [-0.1, -0.05) is 99.7 Å². The highest BCUT2D eigenvalue weighted by Gasteiger charge is 2.28. The van der Waals surface area contributed by atoms with E-state index >= 15 is 0 Å². The minimum atomic E-state index is 0.0503. The fourth-order valence-corrected chi connectivity index (χ4v) is 3.52. The van der Waals surface area contributed by atoms with Crippen LogP contribution in [0.2, 0.25) is 0 Å². The molecular weight excluding hydrogens is 271 g/mol. The summed E-state index contributed by atoms with van der Waals surface area (Å²) < 4.78 is 0. The van der Waals surface area contributed by atoms with Gasteiger partial charge in [-0.25, -0.2) is 0 Å². The van der Waals surface area contributed by atoms with Crippen molar-refractivity contribution in [2.24, 2.45) is 0 Å². The summed E-state index contributed by atoms with van der Waals surface area (Å²) >= 11 is 0. The fourth-order valence-electron chi connectivity index (χ4n) is 2.93. The highest BCUT2D eigenvalue weighted by molar-refractivity contribution is 7.19. The number of rotatable bonds is 8. The second-order valence-electron chi connectivity index (χ2n) is 5.87. The molecule has 112 valence electrons. The first-order valence-corrected chi connectivity index (χ1v) is 8.75. The summed E-state index contributed by atoms with van der Waals surface area (Å²) in [5.41, 5.74) is 2.80. The Hall–Kier alpha value is -1.13. The summed E-state index contributed by atoms with van der Waals surface area (Å²) in [6.07, 6.45) is 7.84. The number of hydrogen-bond donors (Lipinski definition) is 0. The van der Waals surface area contributed by atoms with Crippen molar-refractivity contribution in [3.05, 3.63) is 71.8 Å². The topological polar surface area (TPSA) is 0 Å². The summed E-state index contributed by atoms with van der Waals surface area (Å²) in [4.78, 5) is 0. The maximum atomic E-state index is 3.14. The van der Waals surface area contributed by atoms with E-state index in [0.29, 0.717) is 0 Å². The maximum absolute atomic E-state index is 3.14. The molecule has 0 saturated heterocycles. The first kappa shape index (κ1) is 16.2. The van der Waals surface area contributed by atoms with Crippen LogP contribution in [0.25, 0.3) is 0 Å². The van der Waals surface area contributed by atoms with Gasteiger partial charge in [0.25, 0.3) is 0 Å². The van der Waals surface area contributed by atoms with E-state index in [1.807, 2.05) is 0 Å². The molecule has 1 atom stereocenters. The Morgan fingerprint density at radius 1 is 0.714 bits per heavy atom. The van der Waals surface area contributed by atoms with Gasteiger partial charge in [0.2, 0.25) is 0 Å². The van der Waals surface area contributed by atoms with Crippen LogP contribution in [0, 0.1) is 0 Å². The molecule has 1 unspecified atom stereocenters. The van der Waals surface area contributed by atoms with Crippen LogP contribution in [0.4, 0.5) is 0 Å². The molecular formula is C20H27P. The predicted molar refractivity (Wildman–Crippen MR) is 96.8 cm³/mol. The molecule has 0 N–H and O–H groups in total. The predicted octanol–water partition coefficient (Wildman–Crippen LogP) is 6.17. The quantitative estimate of drug-likeness (QED) is 0.404. The van der Waals surface area contributed by atoms with Crippen LogP contribution in [-0.4, -0.2) is 0 Å². The normalized spacial score (nSPS) is 11.5. The largest absolute Gasteiger partial charge is 0.122 e. The first-order chi connectivity index (χ1) is 10.3. The molecule has 0 spiro atoms. The molecule has 1 heteroatoms. The highest BCUT2D eigenvalue weighted by Crippen LogP contribution is 2.43. The third-order valence-corrected chi connectivity index (χ3v) is 5.21. The Balaban J connectivity index is 2.15. The van der Waals surface area contributed by atoms with Crippen molar-refractivity contribution in [2.45, 2.75) is 50.6 Å². The van der Waals surface area contributed by atoms with Crippen LogP contribution in [0.15, 0.2) is 60.7 Å². The summed E-state index contributed by atoms with van der Waals surface area (Å²) in [5, 5.41) is 0.0503. The second kappa shape index (κ2) is 8.35. The average molecular weight is 298 g/mol. The molecule has 0 radical (unpaired) electrons. The average Bonchev–Trinajstić information content (AvgIpc) is 2.56. The van der Waals surface area contributed by atoms with Crippen LogP contribution in [-0.2, 0) is 5.16 Å². The number of benzene rings is 2. The molecule has 2 aromatic rings. The third-order valence-electron chi connectivity index (χ3n) is 4.25. The molecule has 0 fully saturated rings. The van der Waals surface area contributed by atoms with Crippen LogP contribution >= 0.6 is 9.24 Å². The van der Waals surface area contributed by atoms with E-state index < -0.39 is 0 Å². The van der Waals surface area contributed by atoms with Crippen LogP contribution in [0.3, 0.4) is 0 Å². The molecule has 21 heavy (non-hydrogen) atoms. The Labute approximate surface area is 132 Å². The Morgan fingerprint density at radius 3 is 1.67 bits per heavy atom. The lowest BCUT2D eigenvalue weighted by molar-refractivity contribution is 0.557. The molecule has 0 nitrogen and oxygen atoms in total. The Bertz CT molecular complexity index is 464. The Kier molecular flexibility index (Phi) is 6.46. The van der Waals surface area contributed by atoms with Gasteiger partial charge in [-0.05, 0) is 17.5 Å². The molecule has 0 aliphatic carbocycles. The van der Waals surface area contributed by atoms with Crippen molar-refractivity contribution in [2.75, 3.05) is 0 Å². The summed E-state index contributed by atoms with van der Waals surface area (Å²) in [6, 6.07) is 21.8. The SMILES string of the molecule is CCCCCCCC(P)(c1ccccc1)c1ccccc1. The minimum Gasteiger partial charge on any atom is -0.122 e. The summed E-state index contributed by atoms with van der Waals surface area (Å²) in [5.74, 6) is 0. The van der Waals surface area contributed by atoms with E-state index in [0.717, 1.165) is 0 Å². The molecule has 0 amide bonds. The fraction of sp³-hybridized carbons (Fsp3) is 0.400. The van der Waals surface area contributed by atoms with Gasteiger partial charge < -0.3 is 0 Å². The van der Waals surface area contributed by atoms with Gasteiger partial charge >= 0.3 is 0 Å². The lowest BCUT2D eigenvalue weighted by Gasteiger charge is -2.31. The van der Waals surface area contributed by atoms with Crippen molar-refractivity contribution >= 4 is 9.24 Å². The van der Waals surface area contributed by atoms with E-state index in [-0.39, 0.29) is 5.16 Å². The zero-order valence-corrected chi connectivity index (χ0v) is 14.2. The standard InChI is InChI=1S/C20H27P/c1-2-3-4-5-12-17-20(21,18-13-8-6-9-14-18)19-15-10-7-11-16-19/h6-11,13-16H,2-5,12,17,21H2,1H3. The van der Waals surface area contributed by atoms with Crippen molar-refractivity contribution in [1.29, 1.82) is 0 Å². The van der Waals surface area contributed by atoms with Crippen molar-refractivity contribution in [3.63, 3.8) is 0 Å².